The van der Waals surface area contributed by atoms with E-state index in [1.165, 1.54) is 12.1 Å². The van der Waals surface area contributed by atoms with Crippen LogP contribution < -0.4 is 10.6 Å². The Morgan fingerprint density at radius 2 is 1.62 bits per heavy atom. The Labute approximate surface area is 205 Å². The fraction of sp³-hybridized carbons (Fsp3) is 0.385. The maximum Gasteiger partial charge on any atom is 0.251 e. The van der Waals surface area contributed by atoms with Gasteiger partial charge in [0.15, 0.2) is 0 Å². The van der Waals surface area contributed by atoms with Gasteiger partial charge in [-0.15, -0.1) is 0 Å². The van der Waals surface area contributed by atoms with Crippen LogP contribution in [0.25, 0.3) is 10.9 Å². The third-order valence-electron chi connectivity index (χ3n) is 6.20. The number of piperazine rings is 1. The second kappa shape index (κ2) is 12.0. The molecule has 0 radical (unpaired) electrons. The number of nitrogens with one attached hydrogen (secondary N) is 2. The van der Waals surface area contributed by atoms with Crippen LogP contribution in [0.5, 0.6) is 5.75 Å². The zero-order valence-corrected chi connectivity index (χ0v) is 20.1. The van der Waals surface area contributed by atoms with E-state index in [9.17, 15) is 9.90 Å². The molecule has 0 spiro atoms. The molecular weight excluding hydrogens is 450 g/mol. The summed E-state index contributed by atoms with van der Waals surface area (Å²) < 4.78 is 0. The summed E-state index contributed by atoms with van der Waals surface area (Å²) in [6.07, 6.45) is 3.83. The topological polar surface area (TPSA) is 80.7 Å². The number of phenolic OH excluding ortho intramolecular Hbond substituents is 1. The van der Waals surface area contributed by atoms with Crippen molar-refractivity contribution in [3.8, 4) is 5.75 Å². The molecule has 0 unspecified atom stereocenters. The smallest absolute Gasteiger partial charge is 0.251 e. The summed E-state index contributed by atoms with van der Waals surface area (Å²) in [7, 11) is 0. The number of halogens is 1. The zero-order valence-electron chi connectivity index (χ0n) is 19.3. The molecule has 2 heterocycles. The Kier molecular flexibility index (Phi) is 8.57. The Morgan fingerprint density at radius 1 is 0.941 bits per heavy atom. The van der Waals surface area contributed by atoms with Gasteiger partial charge in [-0.1, -0.05) is 11.6 Å². The first-order valence-corrected chi connectivity index (χ1v) is 12.3. The average molecular weight is 482 g/mol. The number of rotatable bonds is 10. The highest BCUT2D eigenvalue weighted by molar-refractivity contribution is 6.31. The molecule has 1 amide bonds. The summed E-state index contributed by atoms with van der Waals surface area (Å²) in [4.78, 5) is 21.5. The van der Waals surface area contributed by atoms with Crippen LogP contribution in [-0.4, -0.2) is 78.2 Å². The molecule has 2 aromatic carbocycles. The monoisotopic (exact) mass is 481 g/mol. The maximum atomic E-state index is 12.1. The van der Waals surface area contributed by atoms with E-state index in [-0.39, 0.29) is 11.7 Å². The number of carbonyl (C=O) groups excluding carboxylic acids is 1. The Bertz CT molecular complexity index is 1080. The molecule has 1 aromatic heterocycles. The van der Waals surface area contributed by atoms with Crippen molar-refractivity contribution in [2.45, 2.75) is 12.8 Å². The number of nitrogens with zero attached hydrogens (tertiary/aromatic N) is 3. The van der Waals surface area contributed by atoms with Gasteiger partial charge < -0.3 is 25.5 Å². The van der Waals surface area contributed by atoms with Crippen LogP contribution in [0.1, 0.15) is 23.2 Å². The number of aromatic hydroxyl groups is 1. The van der Waals surface area contributed by atoms with Gasteiger partial charge in [0.1, 0.15) is 5.75 Å². The summed E-state index contributed by atoms with van der Waals surface area (Å²) in [6, 6.07) is 14.2. The van der Waals surface area contributed by atoms with E-state index >= 15 is 0 Å². The number of fused-ring (bicyclic) bond motifs is 1. The first-order valence-electron chi connectivity index (χ1n) is 11.9. The number of amides is 1. The minimum absolute atomic E-state index is 0.0954. The van der Waals surface area contributed by atoms with Gasteiger partial charge in [0, 0.05) is 67.1 Å². The largest absolute Gasteiger partial charge is 0.508 e. The number of benzene rings is 2. The van der Waals surface area contributed by atoms with Gasteiger partial charge in [-0.05, 0) is 74.5 Å². The van der Waals surface area contributed by atoms with Gasteiger partial charge in [0.05, 0.1) is 5.52 Å². The zero-order chi connectivity index (χ0) is 23.8. The molecule has 1 aliphatic rings. The number of hydrogen-bond acceptors (Lipinski definition) is 6. The first kappa shape index (κ1) is 24.3. The molecule has 3 N–H and O–H groups in total. The average Bonchev–Trinajstić information content (AvgIpc) is 2.85. The van der Waals surface area contributed by atoms with E-state index in [0.29, 0.717) is 17.1 Å². The van der Waals surface area contributed by atoms with Gasteiger partial charge in [0.2, 0.25) is 0 Å². The highest BCUT2D eigenvalue weighted by Gasteiger charge is 2.16. The molecule has 1 fully saturated rings. The summed E-state index contributed by atoms with van der Waals surface area (Å²) >= 11 is 6.08. The standard InChI is InChI=1S/C26H32ClN5O2/c27-21-5-8-23-24(9-12-29-25(23)19-21)28-10-1-13-31-15-17-32(18-16-31)14-2-11-30-26(34)20-3-6-22(33)7-4-20/h3-9,12,19,33H,1-2,10-11,13-18H2,(H,28,29)(H,30,34). The van der Waals surface area contributed by atoms with Crippen molar-refractivity contribution in [2.24, 2.45) is 0 Å². The molecule has 7 nitrogen and oxygen atoms in total. The summed E-state index contributed by atoms with van der Waals surface area (Å²) in [6.45, 7) is 7.93. The molecular formula is C26H32ClN5O2. The van der Waals surface area contributed by atoms with Gasteiger partial charge in [0.25, 0.3) is 5.91 Å². The molecule has 1 aliphatic heterocycles. The van der Waals surface area contributed by atoms with E-state index in [2.05, 4.69) is 25.4 Å². The van der Waals surface area contributed by atoms with Crippen LogP contribution in [0, 0.1) is 0 Å². The fourth-order valence-corrected chi connectivity index (χ4v) is 4.42. The lowest BCUT2D eigenvalue weighted by atomic mass is 10.2. The van der Waals surface area contributed by atoms with Crippen LogP contribution in [0.3, 0.4) is 0 Å². The number of anilines is 1. The number of aromatic nitrogens is 1. The second-order valence-electron chi connectivity index (χ2n) is 8.64. The lowest BCUT2D eigenvalue weighted by Gasteiger charge is -2.34. The molecule has 180 valence electrons. The molecule has 8 heteroatoms. The summed E-state index contributed by atoms with van der Waals surface area (Å²) in [5, 5.41) is 17.6. The van der Waals surface area contributed by atoms with E-state index in [0.717, 1.165) is 75.2 Å². The second-order valence-corrected chi connectivity index (χ2v) is 9.08. The minimum atomic E-state index is -0.0954. The van der Waals surface area contributed by atoms with Crippen molar-refractivity contribution in [3.63, 3.8) is 0 Å². The van der Waals surface area contributed by atoms with Crippen molar-refractivity contribution in [1.29, 1.82) is 0 Å². The molecule has 0 atom stereocenters. The molecule has 1 saturated heterocycles. The maximum absolute atomic E-state index is 12.1. The SMILES string of the molecule is O=C(NCCCN1CCN(CCCNc2ccnc3cc(Cl)ccc23)CC1)c1ccc(O)cc1. The fourth-order valence-electron chi connectivity index (χ4n) is 4.26. The van der Waals surface area contributed by atoms with Crippen molar-refractivity contribution < 1.29 is 9.90 Å². The molecule has 3 aromatic rings. The molecule has 0 aliphatic carbocycles. The van der Waals surface area contributed by atoms with Crippen LogP contribution in [0.2, 0.25) is 5.02 Å². The highest BCUT2D eigenvalue weighted by Crippen LogP contribution is 2.24. The van der Waals surface area contributed by atoms with Crippen LogP contribution in [0.4, 0.5) is 5.69 Å². The number of pyridine rings is 1. The molecule has 0 bridgehead atoms. The Hall–Kier alpha value is -2.87. The number of phenols is 1. The van der Waals surface area contributed by atoms with Gasteiger partial charge >= 0.3 is 0 Å². The van der Waals surface area contributed by atoms with Crippen molar-refractivity contribution in [2.75, 3.05) is 57.7 Å². The molecule has 4 rings (SSSR count). The van der Waals surface area contributed by atoms with E-state index in [1.54, 1.807) is 12.1 Å². The summed E-state index contributed by atoms with van der Waals surface area (Å²) in [5.41, 5.74) is 2.58. The molecule has 34 heavy (non-hydrogen) atoms. The third kappa shape index (κ3) is 6.82. The van der Waals surface area contributed by atoms with Crippen LogP contribution in [0.15, 0.2) is 54.7 Å². The Balaban J connectivity index is 1.08. The predicted molar refractivity (Wildman–Crippen MR) is 138 cm³/mol. The van der Waals surface area contributed by atoms with Crippen molar-refractivity contribution >= 4 is 34.1 Å². The molecule has 0 saturated carbocycles. The quantitative estimate of drug-likeness (QED) is 0.382. The van der Waals surface area contributed by atoms with Crippen molar-refractivity contribution in [1.82, 2.24) is 20.1 Å². The minimum Gasteiger partial charge on any atom is -0.508 e. The van der Waals surface area contributed by atoms with Crippen LogP contribution >= 0.6 is 11.6 Å². The predicted octanol–water partition coefficient (Wildman–Crippen LogP) is 3.83. The highest BCUT2D eigenvalue weighted by atomic mass is 35.5. The summed E-state index contributed by atoms with van der Waals surface area (Å²) in [5.74, 6) is 0.0714. The van der Waals surface area contributed by atoms with Gasteiger partial charge in [-0.2, -0.15) is 0 Å². The third-order valence-corrected chi connectivity index (χ3v) is 6.44. The number of hydrogen-bond donors (Lipinski definition) is 3. The van der Waals surface area contributed by atoms with Gasteiger partial charge in [-0.3, -0.25) is 9.78 Å². The Morgan fingerprint density at radius 3 is 2.32 bits per heavy atom. The van der Waals surface area contributed by atoms with E-state index in [1.807, 2.05) is 30.5 Å². The lowest BCUT2D eigenvalue weighted by molar-refractivity contribution is 0.0947. The number of carbonyl (C=O) groups is 1. The lowest BCUT2D eigenvalue weighted by Crippen LogP contribution is -2.47. The van der Waals surface area contributed by atoms with E-state index in [4.69, 9.17) is 11.6 Å². The first-order chi connectivity index (χ1) is 16.6. The van der Waals surface area contributed by atoms with Crippen LogP contribution in [-0.2, 0) is 0 Å². The van der Waals surface area contributed by atoms with Crippen molar-refractivity contribution in [3.05, 3.63) is 65.3 Å². The normalized spacial score (nSPS) is 14.9. The van der Waals surface area contributed by atoms with Gasteiger partial charge in [-0.25, -0.2) is 0 Å². The van der Waals surface area contributed by atoms with E-state index < -0.39 is 0 Å².